The molecule has 0 saturated heterocycles. The van der Waals surface area contributed by atoms with Crippen LogP contribution < -0.4 is 0 Å². The number of aliphatic hydroxyl groups is 6. The van der Waals surface area contributed by atoms with Crippen LogP contribution in [0.2, 0.25) is 5.02 Å². The molecule has 6 N–H and O–H groups in total. The summed E-state index contributed by atoms with van der Waals surface area (Å²) < 4.78 is 1.77. The molecule has 4 saturated carbocycles. The van der Waals surface area contributed by atoms with Gasteiger partial charge in [0.1, 0.15) is 0 Å². The van der Waals surface area contributed by atoms with Gasteiger partial charge in [0, 0.05) is 41.3 Å². The zero-order chi connectivity index (χ0) is 27.1. The Balaban J connectivity index is 1.32. The van der Waals surface area contributed by atoms with Crippen molar-refractivity contribution in [1.29, 1.82) is 0 Å². The quantitative estimate of drug-likeness (QED) is 0.338. The van der Waals surface area contributed by atoms with E-state index < -0.39 is 58.8 Å². The zero-order valence-corrected chi connectivity index (χ0v) is 22.4. The maximum Gasteiger partial charge on any atom is 0.0864 e. The normalized spacial score (nSPS) is 46.3. The van der Waals surface area contributed by atoms with Crippen LogP contribution >= 0.6 is 11.6 Å². The fourth-order valence-corrected chi connectivity index (χ4v) is 9.43. The van der Waals surface area contributed by atoms with E-state index in [1.54, 1.807) is 4.68 Å². The number of aromatic nitrogens is 3. The van der Waals surface area contributed by atoms with Crippen LogP contribution in [0.4, 0.5) is 0 Å². The summed E-state index contributed by atoms with van der Waals surface area (Å²) in [5.41, 5.74) is -3.01. The monoisotopic (exact) mass is 547 g/mol. The first-order valence-corrected chi connectivity index (χ1v) is 14.1. The average Bonchev–Trinajstić information content (AvgIpc) is 3.41. The van der Waals surface area contributed by atoms with E-state index in [1.807, 2.05) is 37.4 Å². The van der Waals surface area contributed by atoms with Crippen molar-refractivity contribution in [2.24, 2.45) is 22.7 Å². The van der Waals surface area contributed by atoms with Crippen molar-refractivity contribution in [3.05, 3.63) is 46.7 Å². The lowest BCUT2D eigenvalue weighted by molar-refractivity contribution is -0.316. The molecule has 4 aliphatic rings. The number of halogens is 1. The molecule has 1 aromatic heterocycles. The van der Waals surface area contributed by atoms with Gasteiger partial charge in [0.25, 0.3) is 0 Å². The van der Waals surface area contributed by atoms with Crippen LogP contribution in [0.3, 0.4) is 0 Å². The van der Waals surface area contributed by atoms with Crippen LogP contribution in [0, 0.1) is 22.7 Å². The average molecular weight is 548 g/mol. The molecule has 0 aliphatic heterocycles. The van der Waals surface area contributed by atoms with Gasteiger partial charge in [0.05, 0.1) is 53.8 Å². The Kier molecular flexibility index (Phi) is 6.28. The fraction of sp³-hybridized carbons (Fsp3) is 0.714. The molecule has 4 fully saturated rings. The van der Waals surface area contributed by atoms with Gasteiger partial charge >= 0.3 is 0 Å². The van der Waals surface area contributed by atoms with Crippen molar-refractivity contribution in [2.45, 2.75) is 93.8 Å². The molecular weight excluding hydrogens is 510 g/mol. The maximum absolute atomic E-state index is 12.4. The second-order valence-corrected chi connectivity index (χ2v) is 13.1. The smallest absolute Gasteiger partial charge is 0.0864 e. The van der Waals surface area contributed by atoms with Gasteiger partial charge in [-0.2, -0.15) is 0 Å². The summed E-state index contributed by atoms with van der Waals surface area (Å²) in [6, 6.07) is 7.55. The summed E-state index contributed by atoms with van der Waals surface area (Å²) in [6.45, 7) is 2.02. The predicted molar refractivity (Wildman–Crippen MR) is 138 cm³/mol. The summed E-state index contributed by atoms with van der Waals surface area (Å²) >= 11 is 6.00. The van der Waals surface area contributed by atoms with E-state index in [2.05, 4.69) is 10.3 Å². The number of hydrogen-bond acceptors (Lipinski definition) is 8. The minimum Gasteiger partial charge on any atom is -0.396 e. The van der Waals surface area contributed by atoms with Crippen molar-refractivity contribution >= 4 is 11.6 Å². The first kappa shape index (κ1) is 26.6. The van der Waals surface area contributed by atoms with E-state index in [9.17, 15) is 30.6 Å². The van der Waals surface area contributed by atoms with Crippen LogP contribution in [0.25, 0.3) is 0 Å². The van der Waals surface area contributed by atoms with Crippen LogP contribution in [0.15, 0.2) is 30.5 Å². The second kappa shape index (κ2) is 8.96. The lowest BCUT2D eigenvalue weighted by atomic mass is 9.40. The minimum absolute atomic E-state index is 0.0217. The highest BCUT2D eigenvalue weighted by Crippen LogP contribution is 2.71. The molecule has 0 unspecified atom stereocenters. The first-order chi connectivity index (χ1) is 18.0. The molecule has 1 heterocycles. The largest absolute Gasteiger partial charge is 0.396 e. The highest BCUT2D eigenvalue weighted by atomic mass is 35.5. The van der Waals surface area contributed by atoms with E-state index >= 15 is 0 Å². The Hall–Kier alpha value is -1.59. The highest BCUT2D eigenvalue weighted by molar-refractivity contribution is 6.30. The molecule has 0 radical (unpaired) electrons. The van der Waals surface area contributed by atoms with Gasteiger partial charge in [0.2, 0.25) is 0 Å². The molecule has 10 heteroatoms. The number of benzene rings is 1. The van der Waals surface area contributed by atoms with Crippen molar-refractivity contribution < 1.29 is 30.6 Å². The lowest BCUT2D eigenvalue weighted by Gasteiger charge is -2.68. The van der Waals surface area contributed by atoms with E-state index in [1.165, 1.54) is 0 Å². The number of fused-ring (bicyclic) bond motifs is 5. The standard InChI is InChI=1S/C28H38ClN3O6/c1-25-12-22(35)24-20(6-8-26(37)11-18(34)10-23(36)27(24,26)15-33)28(25,38)9-7-19(25)21-14-32(31-30-21)13-16-2-4-17(29)5-3-16/h2-5,14,18-20,22-24,33-38H,6-13,15H2,1H3/t18-,19+,20+,22+,23+,24+,25+,26-,27+,28-/m0/s1. The molecule has 1 aromatic carbocycles. The minimum atomic E-state index is -1.52. The number of nitrogens with zero attached hydrogens (tertiary/aromatic N) is 3. The Morgan fingerprint density at radius 2 is 1.79 bits per heavy atom. The summed E-state index contributed by atoms with van der Waals surface area (Å²) in [5.74, 6) is -1.26. The zero-order valence-electron chi connectivity index (χ0n) is 21.6. The van der Waals surface area contributed by atoms with Gasteiger partial charge in [-0.05, 0) is 55.7 Å². The number of hydrogen-bond donors (Lipinski definition) is 6. The van der Waals surface area contributed by atoms with Gasteiger partial charge in [-0.1, -0.05) is 35.9 Å². The summed E-state index contributed by atoms with van der Waals surface area (Å²) in [4.78, 5) is 0. The molecule has 38 heavy (non-hydrogen) atoms. The lowest BCUT2D eigenvalue weighted by Crippen LogP contribution is -2.75. The molecule has 208 valence electrons. The molecule has 4 aliphatic carbocycles. The Bertz CT molecular complexity index is 1200. The molecule has 6 rings (SSSR count). The van der Waals surface area contributed by atoms with Gasteiger partial charge in [-0.3, -0.25) is 0 Å². The van der Waals surface area contributed by atoms with Crippen LogP contribution in [0.1, 0.15) is 69.0 Å². The summed E-state index contributed by atoms with van der Waals surface area (Å²) in [7, 11) is 0. The molecule has 0 amide bonds. The molecule has 9 nitrogen and oxygen atoms in total. The third-order valence-electron chi connectivity index (χ3n) is 11.1. The number of aliphatic hydroxyl groups excluding tert-OH is 4. The molecule has 10 atom stereocenters. The van der Waals surface area contributed by atoms with Crippen LogP contribution in [-0.4, -0.2) is 81.8 Å². The van der Waals surface area contributed by atoms with Crippen LogP contribution in [0.5, 0.6) is 0 Å². The molecule has 0 spiro atoms. The van der Waals surface area contributed by atoms with E-state index in [0.717, 1.165) is 11.3 Å². The topological polar surface area (TPSA) is 152 Å². The van der Waals surface area contributed by atoms with Gasteiger partial charge in [0.15, 0.2) is 0 Å². The molecular formula is C28H38ClN3O6. The highest BCUT2D eigenvalue weighted by Gasteiger charge is 2.75. The SMILES string of the molecule is C[C@]12C[C@@H](O)[C@H]3[C@@H](CC[C@]4(O)C[C@@H](O)C[C@@H](O)[C@]34CO)[C@@]1(O)CC[C@@H]2c1cn(Cc2ccc(Cl)cc2)nn1. The fourth-order valence-electron chi connectivity index (χ4n) is 9.31. The summed E-state index contributed by atoms with van der Waals surface area (Å²) in [6.07, 6.45) is 1.00. The van der Waals surface area contributed by atoms with Crippen molar-refractivity contribution in [1.82, 2.24) is 15.0 Å². The molecule has 2 aromatic rings. The van der Waals surface area contributed by atoms with E-state index in [4.69, 9.17) is 11.6 Å². The molecule has 0 bridgehead atoms. The van der Waals surface area contributed by atoms with E-state index in [-0.39, 0.29) is 31.6 Å². The van der Waals surface area contributed by atoms with Crippen LogP contribution in [-0.2, 0) is 6.54 Å². The van der Waals surface area contributed by atoms with E-state index in [0.29, 0.717) is 30.8 Å². The third kappa shape index (κ3) is 3.52. The van der Waals surface area contributed by atoms with Gasteiger partial charge in [-0.15, -0.1) is 5.10 Å². The second-order valence-electron chi connectivity index (χ2n) is 12.7. The Morgan fingerprint density at radius 3 is 2.50 bits per heavy atom. The Morgan fingerprint density at radius 1 is 1.05 bits per heavy atom. The predicted octanol–water partition coefficient (Wildman–Crippen LogP) is 1.61. The maximum atomic E-state index is 12.4. The van der Waals surface area contributed by atoms with Crippen molar-refractivity contribution in [3.8, 4) is 0 Å². The number of rotatable bonds is 4. The van der Waals surface area contributed by atoms with Gasteiger partial charge < -0.3 is 30.6 Å². The third-order valence-corrected chi connectivity index (χ3v) is 11.3. The Labute approximate surface area is 227 Å². The van der Waals surface area contributed by atoms with Crippen molar-refractivity contribution in [2.75, 3.05) is 6.61 Å². The summed E-state index contributed by atoms with van der Waals surface area (Å²) in [5, 5.41) is 77.5. The first-order valence-electron chi connectivity index (χ1n) is 13.7. The van der Waals surface area contributed by atoms with Gasteiger partial charge in [-0.25, -0.2) is 4.68 Å². The van der Waals surface area contributed by atoms with Crippen molar-refractivity contribution in [3.63, 3.8) is 0 Å².